The van der Waals surface area contributed by atoms with Gasteiger partial charge in [-0.3, -0.25) is 4.79 Å². The van der Waals surface area contributed by atoms with Crippen LogP contribution in [-0.2, 0) is 11.4 Å². The topological polar surface area (TPSA) is 82.3 Å². The predicted octanol–water partition coefficient (Wildman–Crippen LogP) is 7.04. The minimum atomic E-state index is -0.532. The van der Waals surface area contributed by atoms with E-state index < -0.39 is 5.91 Å². The van der Waals surface area contributed by atoms with Crippen LogP contribution in [0.5, 0.6) is 11.5 Å². The van der Waals surface area contributed by atoms with Crippen LogP contribution in [0.1, 0.15) is 11.1 Å². The number of halogens is 2. The number of amides is 1. The van der Waals surface area contributed by atoms with Crippen molar-refractivity contribution in [3.05, 3.63) is 104 Å². The quantitative estimate of drug-likeness (QED) is 0.104. The zero-order valence-electron chi connectivity index (χ0n) is 17.8. The summed E-state index contributed by atoms with van der Waals surface area (Å²) in [7, 11) is 0. The van der Waals surface area contributed by atoms with Crippen molar-refractivity contribution in [2.45, 2.75) is 6.61 Å². The van der Waals surface area contributed by atoms with E-state index in [1.165, 1.54) is 23.6 Å². The molecule has 0 unspecified atom stereocenters. The Kier molecular flexibility index (Phi) is 7.50. The second-order valence-corrected chi connectivity index (χ2v) is 9.47. The van der Waals surface area contributed by atoms with E-state index in [1.807, 2.05) is 36.4 Å². The average molecular weight is 625 g/mol. The Morgan fingerprint density at radius 1 is 1.06 bits per heavy atom. The molecule has 0 bridgehead atoms. The Bertz CT molecular complexity index is 1420. The van der Waals surface area contributed by atoms with Crippen molar-refractivity contribution in [1.29, 1.82) is 5.26 Å². The number of nitrogens with zero attached hydrogens (tertiary/aromatic N) is 1. The summed E-state index contributed by atoms with van der Waals surface area (Å²) >= 11 is 5.73. The molecule has 0 heterocycles. The van der Waals surface area contributed by atoms with Gasteiger partial charge in [0.2, 0.25) is 0 Å². The maximum Gasteiger partial charge on any atom is 0.266 e. The Morgan fingerprint density at radius 3 is 2.50 bits per heavy atom. The molecule has 4 rings (SSSR count). The SMILES string of the molecule is N#C/C(=C\c1cc(Br)c(OCc2ccc3ccccc3c2)c(I)c1)C(=O)Nc1ccc(O)cc1. The molecule has 0 aromatic heterocycles. The molecule has 4 aromatic carbocycles. The van der Waals surface area contributed by atoms with Crippen LogP contribution in [0.3, 0.4) is 0 Å². The highest BCUT2D eigenvalue weighted by Gasteiger charge is 2.13. The highest BCUT2D eigenvalue weighted by atomic mass is 127. The van der Waals surface area contributed by atoms with Crippen LogP contribution in [0.25, 0.3) is 16.8 Å². The molecule has 0 spiro atoms. The van der Waals surface area contributed by atoms with Gasteiger partial charge in [0.05, 0.1) is 8.04 Å². The average Bonchev–Trinajstić information content (AvgIpc) is 2.83. The van der Waals surface area contributed by atoms with Gasteiger partial charge in [-0.15, -0.1) is 0 Å². The van der Waals surface area contributed by atoms with Gasteiger partial charge in [0.15, 0.2) is 0 Å². The van der Waals surface area contributed by atoms with Crippen molar-refractivity contribution in [2.75, 3.05) is 5.32 Å². The molecule has 0 saturated carbocycles. The van der Waals surface area contributed by atoms with E-state index in [-0.39, 0.29) is 11.3 Å². The molecule has 34 heavy (non-hydrogen) atoms. The first-order valence-electron chi connectivity index (χ1n) is 10.2. The third-order valence-electron chi connectivity index (χ3n) is 5.02. The third kappa shape index (κ3) is 5.76. The number of fused-ring (bicyclic) bond motifs is 1. The van der Waals surface area contributed by atoms with Gasteiger partial charge < -0.3 is 15.2 Å². The summed E-state index contributed by atoms with van der Waals surface area (Å²) < 4.78 is 7.65. The fraction of sp³-hybridized carbons (Fsp3) is 0.0370. The van der Waals surface area contributed by atoms with Gasteiger partial charge >= 0.3 is 0 Å². The molecule has 0 atom stereocenters. The number of nitriles is 1. The number of aromatic hydroxyl groups is 1. The molecule has 4 aromatic rings. The first kappa shape index (κ1) is 23.8. The number of benzene rings is 4. The first-order chi connectivity index (χ1) is 16.4. The van der Waals surface area contributed by atoms with Gasteiger partial charge in [-0.05, 0) is 109 Å². The largest absolute Gasteiger partial charge is 0.508 e. The zero-order chi connectivity index (χ0) is 24.1. The number of carbonyl (C=O) groups excluding carboxylic acids is 1. The van der Waals surface area contributed by atoms with E-state index in [0.29, 0.717) is 23.6 Å². The zero-order valence-corrected chi connectivity index (χ0v) is 21.5. The molecule has 7 heteroatoms. The molecular weight excluding hydrogens is 607 g/mol. The summed E-state index contributed by atoms with van der Waals surface area (Å²) in [5.41, 5.74) is 2.19. The highest BCUT2D eigenvalue weighted by Crippen LogP contribution is 2.33. The predicted molar refractivity (Wildman–Crippen MR) is 145 cm³/mol. The number of carbonyl (C=O) groups is 1. The monoisotopic (exact) mass is 624 g/mol. The maximum absolute atomic E-state index is 12.5. The fourth-order valence-electron chi connectivity index (χ4n) is 3.34. The second-order valence-electron chi connectivity index (χ2n) is 7.45. The molecular formula is C27H18BrIN2O3. The number of ether oxygens (including phenoxy) is 1. The second kappa shape index (κ2) is 10.7. The number of nitrogens with one attached hydrogen (secondary N) is 1. The molecule has 0 aliphatic heterocycles. The van der Waals surface area contributed by atoms with E-state index in [9.17, 15) is 15.2 Å². The van der Waals surface area contributed by atoms with E-state index in [1.54, 1.807) is 12.1 Å². The minimum Gasteiger partial charge on any atom is -0.508 e. The molecule has 0 fully saturated rings. The van der Waals surface area contributed by atoms with Crippen LogP contribution in [0.4, 0.5) is 5.69 Å². The number of anilines is 1. The van der Waals surface area contributed by atoms with Gasteiger partial charge in [-0.25, -0.2) is 0 Å². The van der Waals surface area contributed by atoms with Crippen molar-refractivity contribution < 1.29 is 14.6 Å². The summed E-state index contributed by atoms with van der Waals surface area (Å²) in [6.45, 7) is 0.410. The van der Waals surface area contributed by atoms with Crippen LogP contribution in [-0.4, -0.2) is 11.0 Å². The Labute approximate surface area is 219 Å². The maximum atomic E-state index is 12.5. The molecule has 0 radical (unpaired) electrons. The smallest absolute Gasteiger partial charge is 0.266 e. The van der Waals surface area contributed by atoms with Gasteiger partial charge in [-0.2, -0.15) is 5.26 Å². The summed E-state index contributed by atoms with van der Waals surface area (Å²) in [5.74, 6) is 0.255. The van der Waals surface area contributed by atoms with E-state index in [2.05, 4.69) is 68.1 Å². The van der Waals surface area contributed by atoms with Crippen molar-refractivity contribution in [2.24, 2.45) is 0 Å². The van der Waals surface area contributed by atoms with Crippen LogP contribution in [0.15, 0.2) is 88.9 Å². The third-order valence-corrected chi connectivity index (χ3v) is 6.41. The summed E-state index contributed by atoms with van der Waals surface area (Å²) in [6, 6.07) is 26.1. The van der Waals surface area contributed by atoms with E-state index in [0.717, 1.165) is 19.0 Å². The van der Waals surface area contributed by atoms with Crippen molar-refractivity contribution in [3.63, 3.8) is 0 Å². The number of phenols is 1. The van der Waals surface area contributed by atoms with Gasteiger partial charge in [-0.1, -0.05) is 36.4 Å². The Balaban J connectivity index is 1.50. The highest BCUT2D eigenvalue weighted by molar-refractivity contribution is 14.1. The van der Waals surface area contributed by atoms with Crippen molar-refractivity contribution in [1.82, 2.24) is 0 Å². The summed E-state index contributed by atoms with van der Waals surface area (Å²) in [4.78, 5) is 12.5. The first-order valence-corrected chi connectivity index (χ1v) is 12.1. The normalized spacial score (nSPS) is 11.1. The number of rotatable bonds is 6. The fourth-order valence-corrected chi connectivity index (χ4v) is 5.11. The van der Waals surface area contributed by atoms with Gasteiger partial charge in [0, 0.05) is 5.69 Å². The lowest BCUT2D eigenvalue weighted by molar-refractivity contribution is -0.112. The number of hydrogen-bond acceptors (Lipinski definition) is 4. The molecule has 1 amide bonds. The van der Waals surface area contributed by atoms with Crippen LogP contribution in [0, 0.1) is 14.9 Å². The van der Waals surface area contributed by atoms with Crippen LogP contribution in [0.2, 0.25) is 0 Å². The molecule has 0 saturated heterocycles. The Morgan fingerprint density at radius 2 is 1.79 bits per heavy atom. The number of hydrogen-bond donors (Lipinski definition) is 2. The van der Waals surface area contributed by atoms with Crippen molar-refractivity contribution in [3.8, 4) is 17.6 Å². The van der Waals surface area contributed by atoms with Crippen molar-refractivity contribution >= 4 is 67.0 Å². The molecule has 5 nitrogen and oxygen atoms in total. The molecule has 168 valence electrons. The molecule has 2 N–H and O–H groups in total. The lowest BCUT2D eigenvalue weighted by atomic mass is 10.1. The Hall–Kier alpha value is -3.35. The lowest BCUT2D eigenvalue weighted by Gasteiger charge is -2.12. The van der Waals surface area contributed by atoms with Crippen LogP contribution < -0.4 is 10.1 Å². The van der Waals surface area contributed by atoms with E-state index >= 15 is 0 Å². The molecule has 0 aliphatic rings. The lowest BCUT2D eigenvalue weighted by Crippen LogP contribution is -2.13. The summed E-state index contributed by atoms with van der Waals surface area (Å²) in [6.07, 6.45) is 1.52. The standard InChI is InChI=1S/C27H18BrIN2O3/c28-24-13-18(12-21(15-30)27(33)31-22-7-9-23(32)10-8-22)14-25(29)26(24)34-16-17-5-6-19-3-1-2-4-20(19)11-17/h1-14,32H,16H2,(H,31,33)/b21-12+. The van der Waals surface area contributed by atoms with Gasteiger partial charge in [0.1, 0.15) is 29.7 Å². The number of phenolic OH excluding ortho intramolecular Hbond substituents is 1. The molecule has 0 aliphatic carbocycles. The van der Waals surface area contributed by atoms with Gasteiger partial charge in [0.25, 0.3) is 5.91 Å². The summed E-state index contributed by atoms with van der Waals surface area (Å²) in [5, 5.41) is 23.9. The van der Waals surface area contributed by atoms with E-state index in [4.69, 9.17) is 4.74 Å². The van der Waals surface area contributed by atoms with Crippen LogP contribution >= 0.6 is 38.5 Å². The minimum absolute atomic E-state index is 0.0411.